The van der Waals surface area contributed by atoms with Crippen molar-refractivity contribution in [3.05, 3.63) is 54.4 Å². The summed E-state index contributed by atoms with van der Waals surface area (Å²) < 4.78 is 0. The molecule has 2 N–H and O–H groups in total. The summed E-state index contributed by atoms with van der Waals surface area (Å²) in [4.78, 5) is 0. The second-order valence-electron chi connectivity index (χ2n) is 3.44. The Labute approximate surface area is 202 Å². The molecular weight excluding hydrogens is 435 g/mol. The first-order chi connectivity index (χ1) is 9.22. The van der Waals surface area contributed by atoms with E-state index in [1.165, 1.54) is 24.3 Å². The third-order valence-electron chi connectivity index (χ3n) is 1.98. The van der Waals surface area contributed by atoms with E-state index in [1.807, 2.05) is 0 Å². The summed E-state index contributed by atoms with van der Waals surface area (Å²) in [6, 6.07) is 5.38. The van der Waals surface area contributed by atoms with Crippen molar-refractivity contribution in [2.45, 2.75) is 0 Å². The molecule has 110 valence electrons. The van der Waals surface area contributed by atoms with E-state index in [-0.39, 0.29) is 80.7 Å². The molecule has 2 aromatic carbocycles. The van der Waals surface area contributed by atoms with Crippen LogP contribution in [0.15, 0.2) is 24.3 Å². The number of phenolic OH excluding ortho intramolecular Hbond substituents is 2. The van der Waals surface area contributed by atoms with Gasteiger partial charge in [0.15, 0.2) is 0 Å². The molecule has 0 aliphatic rings. The van der Waals surface area contributed by atoms with Crippen molar-refractivity contribution in [2.75, 3.05) is 0 Å². The van der Waals surface area contributed by atoms with Gasteiger partial charge < -0.3 is 10.2 Å². The molecule has 2 radical (unpaired) electrons. The van der Waals surface area contributed by atoms with E-state index in [4.69, 9.17) is 79.8 Å². The minimum atomic E-state index is -0.0592. The third-order valence-corrected chi connectivity index (χ3v) is 4.03. The Kier molecular flexibility index (Phi) is 14.4. The van der Waals surface area contributed by atoms with E-state index in [9.17, 15) is 0 Å². The van der Waals surface area contributed by atoms with Crippen molar-refractivity contribution in [3.63, 3.8) is 0 Å². The van der Waals surface area contributed by atoms with Crippen LogP contribution in [-0.4, -0.2) is 69.3 Å². The minimum absolute atomic E-state index is 0. The van der Waals surface area contributed by atoms with Crippen molar-refractivity contribution in [1.29, 1.82) is 0 Å². The Balaban J connectivity index is 0. The molecule has 0 heterocycles. The topological polar surface area (TPSA) is 40.5 Å². The number of hydrogen-bond acceptors (Lipinski definition) is 2. The van der Waals surface area contributed by atoms with Gasteiger partial charge in [0.1, 0.15) is 11.5 Å². The molecule has 0 saturated heterocycles. The minimum Gasteiger partial charge on any atom is -0.506 e. The molecule has 0 fully saturated rings. The van der Waals surface area contributed by atoms with Gasteiger partial charge in [-0.1, -0.05) is 69.6 Å². The Morgan fingerprint density at radius 3 is 0.909 bits per heavy atom. The van der Waals surface area contributed by atoms with Crippen LogP contribution in [0.2, 0.25) is 30.1 Å². The van der Waals surface area contributed by atoms with Gasteiger partial charge in [-0.2, -0.15) is 0 Å². The summed E-state index contributed by atoms with van der Waals surface area (Å²) in [7, 11) is 0. The summed E-state index contributed by atoms with van der Waals surface area (Å²) in [6.45, 7) is 0. The number of aromatic hydroxyl groups is 2. The van der Waals surface area contributed by atoms with Crippen molar-refractivity contribution in [1.82, 2.24) is 0 Å². The Bertz CT molecular complexity index is 483. The summed E-state index contributed by atoms with van der Waals surface area (Å²) in [5.74, 6) is -0.118. The van der Waals surface area contributed by atoms with E-state index in [1.54, 1.807) is 0 Å². The monoisotopic (exact) mass is 438 g/mol. The fourth-order valence-corrected chi connectivity index (χ4v) is 2.11. The molecule has 0 atom stereocenters. The first-order valence-electron chi connectivity index (χ1n) is 4.89. The maximum atomic E-state index is 8.95. The van der Waals surface area contributed by atoms with Crippen LogP contribution in [0.5, 0.6) is 11.5 Å². The molecule has 0 amide bonds. The second-order valence-corrected chi connectivity index (χ2v) is 5.88. The van der Waals surface area contributed by atoms with Gasteiger partial charge in [0.2, 0.25) is 0 Å². The van der Waals surface area contributed by atoms with Gasteiger partial charge in [0.05, 0.1) is 30.1 Å². The Hall–Kier alpha value is 1.78. The van der Waals surface area contributed by atoms with Crippen molar-refractivity contribution >= 4 is 129 Å². The average Bonchev–Trinajstić information content (AvgIpc) is 2.35. The van der Waals surface area contributed by atoms with Gasteiger partial charge in [-0.05, 0) is 12.1 Å². The van der Waals surface area contributed by atoms with Crippen LogP contribution in [0, 0.1) is 0 Å². The Morgan fingerprint density at radius 2 is 0.682 bits per heavy atom. The smallest absolute Gasteiger partial charge is 0.135 e. The molecule has 0 unspecified atom stereocenters. The number of halogens is 6. The quantitative estimate of drug-likeness (QED) is 0.393. The van der Waals surface area contributed by atoms with Crippen LogP contribution in [0.4, 0.5) is 0 Å². The zero-order valence-corrected chi connectivity index (χ0v) is 20.0. The number of benzene rings is 2. The zero-order valence-electron chi connectivity index (χ0n) is 11.5. The van der Waals surface area contributed by atoms with Crippen molar-refractivity contribution in [3.8, 4) is 11.5 Å². The van der Waals surface area contributed by atoms with Crippen LogP contribution in [-0.2, 0) is 0 Å². The van der Waals surface area contributed by atoms with Gasteiger partial charge in [0.25, 0.3) is 0 Å². The SMILES string of the molecule is Oc1cc(Cl)c(Cl)cc1Cl.Oc1cc(Cl)c(Cl)cc1Cl.[Na].[Na]. The van der Waals surface area contributed by atoms with Gasteiger partial charge in [0, 0.05) is 71.2 Å². The second kappa shape index (κ2) is 12.2. The van der Waals surface area contributed by atoms with E-state index in [2.05, 4.69) is 0 Å². The molecule has 10 heteroatoms. The van der Waals surface area contributed by atoms with Crippen LogP contribution in [0.25, 0.3) is 0 Å². The van der Waals surface area contributed by atoms with Gasteiger partial charge in [-0.3, -0.25) is 0 Å². The summed E-state index contributed by atoms with van der Waals surface area (Å²) in [5.41, 5.74) is 0. The summed E-state index contributed by atoms with van der Waals surface area (Å²) in [5, 5.41) is 19.6. The maximum Gasteiger partial charge on any atom is 0.135 e. The maximum absolute atomic E-state index is 8.95. The zero-order chi connectivity index (χ0) is 15.4. The number of hydrogen-bond donors (Lipinski definition) is 2. The predicted octanol–water partition coefficient (Wildman–Crippen LogP) is 5.94. The molecule has 2 nitrogen and oxygen atoms in total. The molecular formula is C12H6Cl6Na2O2. The summed E-state index contributed by atoms with van der Waals surface area (Å²) in [6.07, 6.45) is 0. The molecule has 22 heavy (non-hydrogen) atoms. The van der Waals surface area contributed by atoms with Gasteiger partial charge >= 0.3 is 0 Å². The standard InChI is InChI=1S/2C6H3Cl3O.2Na/c2*7-3-1-5(9)6(10)2-4(3)8;;/h2*1-2,10H;;. The van der Waals surface area contributed by atoms with Gasteiger partial charge in [-0.15, -0.1) is 0 Å². The predicted molar refractivity (Wildman–Crippen MR) is 97.8 cm³/mol. The number of rotatable bonds is 0. The van der Waals surface area contributed by atoms with Crippen LogP contribution < -0.4 is 0 Å². The van der Waals surface area contributed by atoms with Crippen LogP contribution in [0.3, 0.4) is 0 Å². The first kappa shape index (κ1) is 26.0. The van der Waals surface area contributed by atoms with Crippen molar-refractivity contribution < 1.29 is 10.2 Å². The molecule has 2 rings (SSSR count). The van der Waals surface area contributed by atoms with Crippen molar-refractivity contribution in [2.24, 2.45) is 0 Å². The van der Waals surface area contributed by atoms with Gasteiger partial charge in [-0.25, -0.2) is 0 Å². The average molecular weight is 441 g/mol. The Morgan fingerprint density at radius 1 is 0.455 bits per heavy atom. The molecule has 0 aromatic heterocycles. The molecule has 0 aliphatic heterocycles. The van der Waals surface area contributed by atoms with Crippen LogP contribution in [0.1, 0.15) is 0 Å². The van der Waals surface area contributed by atoms with Crippen LogP contribution >= 0.6 is 69.6 Å². The van der Waals surface area contributed by atoms with E-state index < -0.39 is 0 Å². The normalized spacial score (nSPS) is 9.00. The molecule has 0 spiro atoms. The molecule has 2 aromatic rings. The third kappa shape index (κ3) is 8.24. The fraction of sp³-hybridized carbons (Fsp3) is 0. The fourth-order valence-electron chi connectivity index (χ4n) is 1.02. The van der Waals surface area contributed by atoms with E-state index >= 15 is 0 Å². The summed E-state index contributed by atoms with van der Waals surface area (Å²) >= 11 is 33.2. The largest absolute Gasteiger partial charge is 0.506 e. The first-order valence-corrected chi connectivity index (χ1v) is 7.16. The molecule has 0 saturated carbocycles. The molecule has 0 bridgehead atoms. The van der Waals surface area contributed by atoms with E-state index in [0.717, 1.165) is 0 Å². The molecule has 0 aliphatic carbocycles. The number of phenols is 2. The van der Waals surface area contributed by atoms with E-state index in [0.29, 0.717) is 20.1 Å².